The van der Waals surface area contributed by atoms with Crippen LogP contribution in [0.5, 0.6) is 0 Å². The van der Waals surface area contributed by atoms with E-state index in [4.69, 9.17) is 5.73 Å². The SMILES string of the molecule is Cc1cccc2[nH]cc(CCC3(N)CC3)c12. The quantitative estimate of drug-likeness (QED) is 0.810. The number of aromatic nitrogens is 1. The van der Waals surface area contributed by atoms with Gasteiger partial charge in [-0.3, -0.25) is 0 Å². The van der Waals surface area contributed by atoms with Crippen molar-refractivity contribution >= 4 is 10.9 Å². The van der Waals surface area contributed by atoms with Gasteiger partial charge in [-0.05, 0) is 49.8 Å². The zero-order valence-electron chi connectivity index (χ0n) is 9.72. The van der Waals surface area contributed by atoms with Crippen LogP contribution in [0.15, 0.2) is 24.4 Å². The first-order chi connectivity index (χ1) is 7.68. The summed E-state index contributed by atoms with van der Waals surface area (Å²) < 4.78 is 0. The van der Waals surface area contributed by atoms with Gasteiger partial charge in [0.25, 0.3) is 0 Å². The third-order valence-electron chi connectivity index (χ3n) is 3.78. The van der Waals surface area contributed by atoms with Crippen LogP contribution in [0.25, 0.3) is 10.9 Å². The van der Waals surface area contributed by atoms with Crippen LogP contribution in [0.4, 0.5) is 0 Å². The molecule has 2 aromatic rings. The number of H-pyrrole nitrogens is 1. The molecule has 1 fully saturated rings. The van der Waals surface area contributed by atoms with Gasteiger partial charge in [0.15, 0.2) is 0 Å². The number of nitrogens with two attached hydrogens (primary N) is 1. The van der Waals surface area contributed by atoms with Crippen molar-refractivity contribution in [3.8, 4) is 0 Å². The van der Waals surface area contributed by atoms with Crippen LogP contribution in [0.3, 0.4) is 0 Å². The lowest BCUT2D eigenvalue weighted by Gasteiger charge is -2.07. The van der Waals surface area contributed by atoms with Gasteiger partial charge in [0.1, 0.15) is 0 Å². The normalized spacial score (nSPS) is 17.9. The largest absolute Gasteiger partial charge is 0.361 e. The Hall–Kier alpha value is -1.28. The summed E-state index contributed by atoms with van der Waals surface area (Å²) in [5.41, 5.74) is 10.3. The fraction of sp³-hybridized carbons (Fsp3) is 0.429. The molecule has 0 saturated heterocycles. The fourth-order valence-electron chi connectivity index (χ4n) is 2.44. The summed E-state index contributed by atoms with van der Waals surface area (Å²) >= 11 is 0. The van der Waals surface area contributed by atoms with E-state index < -0.39 is 0 Å². The average molecular weight is 214 g/mol. The second-order valence-electron chi connectivity index (χ2n) is 5.17. The number of benzene rings is 1. The van der Waals surface area contributed by atoms with E-state index in [0.29, 0.717) is 0 Å². The number of aryl methyl sites for hydroxylation is 2. The second kappa shape index (κ2) is 3.36. The van der Waals surface area contributed by atoms with Crippen LogP contribution in [0.1, 0.15) is 30.4 Å². The van der Waals surface area contributed by atoms with Crippen LogP contribution < -0.4 is 5.73 Å². The number of rotatable bonds is 3. The van der Waals surface area contributed by atoms with Crippen molar-refractivity contribution in [2.24, 2.45) is 5.73 Å². The Kier molecular flexibility index (Phi) is 2.08. The Labute approximate surface area is 95.8 Å². The summed E-state index contributed by atoms with van der Waals surface area (Å²) in [6, 6.07) is 6.42. The number of hydrogen-bond donors (Lipinski definition) is 2. The van der Waals surface area contributed by atoms with Crippen molar-refractivity contribution in [1.29, 1.82) is 0 Å². The van der Waals surface area contributed by atoms with Crippen LogP contribution >= 0.6 is 0 Å². The molecule has 1 saturated carbocycles. The minimum Gasteiger partial charge on any atom is -0.361 e. The van der Waals surface area contributed by atoms with E-state index >= 15 is 0 Å². The molecular formula is C14H18N2. The second-order valence-corrected chi connectivity index (χ2v) is 5.17. The van der Waals surface area contributed by atoms with Gasteiger partial charge in [-0.15, -0.1) is 0 Å². The van der Waals surface area contributed by atoms with Crippen molar-refractivity contribution in [3.63, 3.8) is 0 Å². The molecule has 0 amide bonds. The van der Waals surface area contributed by atoms with Crippen molar-refractivity contribution in [3.05, 3.63) is 35.5 Å². The number of hydrogen-bond acceptors (Lipinski definition) is 1. The maximum Gasteiger partial charge on any atom is 0.0459 e. The minimum atomic E-state index is 0.159. The Morgan fingerprint density at radius 3 is 2.94 bits per heavy atom. The van der Waals surface area contributed by atoms with E-state index in [2.05, 4.69) is 36.3 Å². The lowest BCUT2D eigenvalue weighted by atomic mass is 10.0. The fourth-order valence-corrected chi connectivity index (χ4v) is 2.44. The molecule has 1 aliphatic carbocycles. The number of nitrogens with one attached hydrogen (secondary N) is 1. The molecule has 16 heavy (non-hydrogen) atoms. The zero-order chi connectivity index (χ0) is 11.2. The molecular weight excluding hydrogens is 196 g/mol. The molecule has 1 aromatic heterocycles. The van der Waals surface area contributed by atoms with E-state index in [9.17, 15) is 0 Å². The Bertz CT molecular complexity index is 521. The molecule has 0 unspecified atom stereocenters. The van der Waals surface area contributed by atoms with Gasteiger partial charge in [-0.1, -0.05) is 12.1 Å². The van der Waals surface area contributed by atoms with Crippen molar-refractivity contribution in [2.45, 2.75) is 38.1 Å². The molecule has 0 aliphatic heterocycles. The first-order valence-corrected chi connectivity index (χ1v) is 6.02. The highest BCUT2D eigenvalue weighted by atomic mass is 14.8. The molecule has 1 heterocycles. The standard InChI is InChI=1S/C14H18N2/c1-10-3-2-4-12-13(10)11(9-16-12)5-6-14(15)7-8-14/h2-4,9,16H,5-8,15H2,1H3. The summed E-state index contributed by atoms with van der Waals surface area (Å²) in [6.07, 6.45) is 6.77. The van der Waals surface area contributed by atoms with Crippen LogP contribution in [0, 0.1) is 6.92 Å². The lowest BCUT2D eigenvalue weighted by Crippen LogP contribution is -2.21. The molecule has 0 bridgehead atoms. The highest BCUT2D eigenvalue weighted by molar-refractivity contribution is 5.86. The summed E-state index contributed by atoms with van der Waals surface area (Å²) in [4.78, 5) is 3.34. The molecule has 2 nitrogen and oxygen atoms in total. The van der Waals surface area contributed by atoms with Crippen molar-refractivity contribution < 1.29 is 0 Å². The topological polar surface area (TPSA) is 41.8 Å². The summed E-state index contributed by atoms with van der Waals surface area (Å²) in [5.74, 6) is 0. The smallest absolute Gasteiger partial charge is 0.0459 e. The van der Waals surface area contributed by atoms with E-state index in [0.717, 1.165) is 12.8 Å². The van der Waals surface area contributed by atoms with Crippen LogP contribution in [-0.4, -0.2) is 10.5 Å². The monoisotopic (exact) mass is 214 g/mol. The minimum absolute atomic E-state index is 0.159. The predicted molar refractivity (Wildman–Crippen MR) is 67.5 cm³/mol. The molecule has 0 atom stereocenters. The zero-order valence-corrected chi connectivity index (χ0v) is 9.72. The maximum atomic E-state index is 6.14. The highest BCUT2D eigenvalue weighted by Crippen LogP contribution is 2.37. The Morgan fingerprint density at radius 2 is 2.19 bits per heavy atom. The third-order valence-corrected chi connectivity index (χ3v) is 3.78. The molecule has 3 rings (SSSR count). The average Bonchev–Trinajstić information content (AvgIpc) is 2.86. The first kappa shape index (κ1) is 9.91. The molecule has 1 aliphatic rings. The number of fused-ring (bicyclic) bond motifs is 1. The molecule has 3 N–H and O–H groups in total. The van der Waals surface area contributed by atoms with E-state index in [-0.39, 0.29) is 5.54 Å². The van der Waals surface area contributed by atoms with Gasteiger partial charge in [0, 0.05) is 22.6 Å². The third kappa shape index (κ3) is 1.63. The summed E-state index contributed by atoms with van der Waals surface area (Å²) in [7, 11) is 0. The number of aromatic amines is 1. The molecule has 1 aromatic carbocycles. The van der Waals surface area contributed by atoms with Crippen molar-refractivity contribution in [1.82, 2.24) is 4.98 Å². The summed E-state index contributed by atoms with van der Waals surface area (Å²) in [6.45, 7) is 2.18. The van der Waals surface area contributed by atoms with Gasteiger partial charge in [0.05, 0.1) is 0 Å². The first-order valence-electron chi connectivity index (χ1n) is 6.02. The van der Waals surface area contributed by atoms with E-state index in [1.54, 1.807) is 0 Å². The highest BCUT2D eigenvalue weighted by Gasteiger charge is 2.37. The van der Waals surface area contributed by atoms with Gasteiger partial charge < -0.3 is 10.7 Å². The molecule has 84 valence electrons. The Morgan fingerprint density at radius 1 is 1.38 bits per heavy atom. The van der Waals surface area contributed by atoms with Crippen LogP contribution in [-0.2, 0) is 6.42 Å². The molecule has 0 spiro atoms. The molecule has 2 heteroatoms. The van der Waals surface area contributed by atoms with E-state index in [1.165, 1.54) is 34.9 Å². The van der Waals surface area contributed by atoms with Gasteiger partial charge in [0.2, 0.25) is 0 Å². The Balaban J connectivity index is 1.91. The van der Waals surface area contributed by atoms with Crippen molar-refractivity contribution in [2.75, 3.05) is 0 Å². The molecule has 0 radical (unpaired) electrons. The maximum absolute atomic E-state index is 6.14. The lowest BCUT2D eigenvalue weighted by molar-refractivity contribution is 0.610. The van der Waals surface area contributed by atoms with Gasteiger partial charge in [-0.25, -0.2) is 0 Å². The van der Waals surface area contributed by atoms with E-state index in [1.807, 2.05) is 0 Å². The van der Waals surface area contributed by atoms with Gasteiger partial charge >= 0.3 is 0 Å². The van der Waals surface area contributed by atoms with Gasteiger partial charge in [-0.2, -0.15) is 0 Å². The van der Waals surface area contributed by atoms with Crippen LogP contribution in [0.2, 0.25) is 0 Å². The predicted octanol–water partition coefficient (Wildman–Crippen LogP) is 2.90. The summed E-state index contributed by atoms with van der Waals surface area (Å²) in [5, 5.41) is 1.40.